The number of benzene rings is 2. The molecule has 2 aliphatic heterocycles. The molecular formula is C26H29N3O3. The van der Waals surface area contributed by atoms with E-state index in [1.807, 2.05) is 25.1 Å². The van der Waals surface area contributed by atoms with Crippen LogP contribution in [0.15, 0.2) is 48.0 Å². The van der Waals surface area contributed by atoms with Gasteiger partial charge in [-0.3, -0.25) is 14.9 Å². The topological polar surface area (TPSA) is 69.7 Å². The maximum atomic E-state index is 13.1. The number of imide groups is 2. The highest BCUT2D eigenvalue weighted by atomic mass is 16.2. The Kier molecular flexibility index (Phi) is 5.41. The molecule has 0 saturated carbocycles. The lowest BCUT2D eigenvalue weighted by Gasteiger charge is -2.47. The molecule has 2 aromatic rings. The normalized spacial score (nSPS) is 21.6. The Morgan fingerprint density at radius 2 is 1.78 bits per heavy atom. The Bertz CT molecular complexity index is 1130. The summed E-state index contributed by atoms with van der Waals surface area (Å²) in [5.41, 5.74) is 4.61. The summed E-state index contributed by atoms with van der Waals surface area (Å²) in [6.07, 6.45) is 2.59. The van der Waals surface area contributed by atoms with Gasteiger partial charge in [0.25, 0.3) is 11.8 Å². The van der Waals surface area contributed by atoms with Crippen molar-refractivity contribution in [3.05, 3.63) is 64.7 Å². The Morgan fingerprint density at radius 1 is 1.09 bits per heavy atom. The highest BCUT2D eigenvalue weighted by Gasteiger charge is 2.38. The second-order valence-electron chi connectivity index (χ2n) is 9.27. The minimum absolute atomic E-state index is 0.0544. The Balaban J connectivity index is 1.72. The Hall–Kier alpha value is -3.41. The highest BCUT2D eigenvalue weighted by Crippen LogP contribution is 2.43. The molecule has 4 amide bonds. The second kappa shape index (κ2) is 7.93. The quantitative estimate of drug-likeness (QED) is 0.561. The van der Waals surface area contributed by atoms with E-state index >= 15 is 0 Å². The molecule has 0 spiro atoms. The van der Waals surface area contributed by atoms with Crippen LogP contribution in [0.1, 0.15) is 56.7 Å². The predicted molar refractivity (Wildman–Crippen MR) is 127 cm³/mol. The monoisotopic (exact) mass is 431 g/mol. The molecule has 0 aromatic heterocycles. The lowest BCUT2D eigenvalue weighted by molar-refractivity contribution is -0.122. The van der Waals surface area contributed by atoms with Crippen LogP contribution in [0.4, 0.5) is 16.2 Å². The Labute approximate surface area is 188 Å². The standard InChI is InChI=1S/C26H29N3O3/c1-6-28-22-12-9-18(13-20(22)17(3)15-26(28,4)5)14-21-23(30)27-25(32)29(24(21)31)19-10-7-16(2)8-11-19/h7-14,17H,6,15H2,1-5H3,(H,27,30,32)/b21-14-. The fourth-order valence-corrected chi connectivity index (χ4v) is 4.95. The molecule has 2 aromatic carbocycles. The number of carbonyl (C=O) groups is 3. The van der Waals surface area contributed by atoms with Gasteiger partial charge >= 0.3 is 6.03 Å². The first-order valence-electron chi connectivity index (χ1n) is 11.0. The van der Waals surface area contributed by atoms with Gasteiger partial charge in [0, 0.05) is 17.8 Å². The molecule has 6 nitrogen and oxygen atoms in total. The van der Waals surface area contributed by atoms with E-state index in [0.717, 1.165) is 29.0 Å². The summed E-state index contributed by atoms with van der Waals surface area (Å²) in [4.78, 5) is 41.5. The van der Waals surface area contributed by atoms with Crippen molar-refractivity contribution in [3.63, 3.8) is 0 Å². The fraction of sp³-hybridized carbons (Fsp3) is 0.346. The molecule has 4 rings (SSSR count). The number of nitrogens with one attached hydrogen (secondary N) is 1. The number of nitrogens with zero attached hydrogens (tertiary/aromatic N) is 2. The molecule has 32 heavy (non-hydrogen) atoms. The number of rotatable bonds is 3. The van der Waals surface area contributed by atoms with E-state index in [9.17, 15) is 14.4 Å². The molecule has 1 saturated heterocycles. The van der Waals surface area contributed by atoms with Crippen LogP contribution in [-0.4, -0.2) is 29.9 Å². The van der Waals surface area contributed by atoms with Crippen LogP contribution in [0.3, 0.4) is 0 Å². The second-order valence-corrected chi connectivity index (χ2v) is 9.27. The number of fused-ring (bicyclic) bond motifs is 1. The number of urea groups is 1. The largest absolute Gasteiger partial charge is 0.366 e. The molecule has 0 radical (unpaired) electrons. The first kappa shape index (κ1) is 21.8. The maximum absolute atomic E-state index is 13.1. The number of anilines is 2. The van der Waals surface area contributed by atoms with Gasteiger partial charge in [0.2, 0.25) is 0 Å². The molecule has 6 heteroatoms. The van der Waals surface area contributed by atoms with E-state index in [-0.39, 0.29) is 11.1 Å². The average molecular weight is 432 g/mol. The van der Waals surface area contributed by atoms with E-state index in [1.54, 1.807) is 18.2 Å². The molecule has 1 fully saturated rings. The van der Waals surface area contributed by atoms with Crippen molar-refractivity contribution in [3.8, 4) is 0 Å². The van der Waals surface area contributed by atoms with Gasteiger partial charge in [-0.05, 0) is 81.5 Å². The Morgan fingerprint density at radius 3 is 2.44 bits per heavy atom. The first-order valence-corrected chi connectivity index (χ1v) is 11.0. The molecule has 2 aliphatic rings. The number of hydrogen-bond donors (Lipinski definition) is 1. The van der Waals surface area contributed by atoms with Crippen LogP contribution in [0.25, 0.3) is 6.08 Å². The van der Waals surface area contributed by atoms with Crippen LogP contribution in [0.2, 0.25) is 0 Å². The van der Waals surface area contributed by atoms with Crippen molar-refractivity contribution in [2.75, 3.05) is 16.3 Å². The van der Waals surface area contributed by atoms with E-state index in [4.69, 9.17) is 0 Å². The molecule has 0 bridgehead atoms. The summed E-state index contributed by atoms with van der Waals surface area (Å²) in [7, 11) is 0. The summed E-state index contributed by atoms with van der Waals surface area (Å²) in [5.74, 6) is -0.946. The highest BCUT2D eigenvalue weighted by molar-refractivity contribution is 6.39. The van der Waals surface area contributed by atoms with Crippen LogP contribution in [-0.2, 0) is 9.59 Å². The minimum Gasteiger partial charge on any atom is -0.366 e. The third-order valence-corrected chi connectivity index (χ3v) is 6.43. The van der Waals surface area contributed by atoms with Gasteiger partial charge in [0.05, 0.1) is 5.69 Å². The van der Waals surface area contributed by atoms with Crippen molar-refractivity contribution in [2.45, 2.75) is 52.5 Å². The lowest BCUT2D eigenvalue weighted by atomic mass is 9.79. The molecule has 0 aliphatic carbocycles. The molecule has 1 unspecified atom stereocenters. The fourth-order valence-electron chi connectivity index (χ4n) is 4.95. The summed E-state index contributed by atoms with van der Waals surface area (Å²) in [6.45, 7) is 11.7. The summed E-state index contributed by atoms with van der Waals surface area (Å²) < 4.78 is 0. The van der Waals surface area contributed by atoms with Crippen LogP contribution in [0.5, 0.6) is 0 Å². The lowest BCUT2D eigenvalue weighted by Crippen LogP contribution is -2.54. The van der Waals surface area contributed by atoms with Gasteiger partial charge in [-0.15, -0.1) is 0 Å². The van der Waals surface area contributed by atoms with Gasteiger partial charge in [-0.25, -0.2) is 9.69 Å². The van der Waals surface area contributed by atoms with Crippen LogP contribution in [0, 0.1) is 6.92 Å². The van der Waals surface area contributed by atoms with Gasteiger partial charge in [-0.2, -0.15) is 0 Å². The minimum atomic E-state index is -0.735. The van der Waals surface area contributed by atoms with Crippen molar-refractivity contribution in [2.24, 2.45) is 0 Å². The third kappa shape index (κ3) is 3.70. The number of amides is 4. The molecule has 166 valence electrons. The smallest absolute Gasteiger partial charge is 0.335 e. The average Bonchev–Trinajstić information content (AvgIpc) is 2.72. The number of carbonyl (C=O) groups excluding carboxylic acids is 3. The van der Waals surface area contributed by atoms with E-state index in [2.05, 4.69) is 50.0 Å². The zero-order chi connectivity index (χ0) is 23.2. The van der Waals surface area contributed by atoms with Gasteiger partial charge in [0.1, 0.15) is 5.57 Å². The van der Waals surface area contributed by atoms with Gasteiger partial charge < -0.3 is 4.90 Å². The van der Waals surface area contributed by atoms with Crippen molar-refractivity contribution < 1.29 is 14.4 Å². The van der Waals surface area contributed by atoms with Crippen LogP contribution < -0.4 is 15.1 Å². The maximum Gasteiger partial charge on any atom is 0.335 e. The number of barbiturate groups is 1. The van der Waals surface area contributed by atoms with E-state index < -0.39 is 17.8 Å². The summed E-state index contributed by atoms with van der Waals surface area (Å²) >= 11 is 0. The molecule has 2 heterocycles. The third-order valence-electron chi connectivity index (χ3n) is 6.43. The van der Waals surface area contributed by atoms with E-state index in [1.165, 1.54) is 11.3 Å². The zero-order valence-electron chi connectivity index (χ0n) is 19.2. The summed E-state index contributed by atoms with van der Waals surface area (Å²) in [6, 6.07) is 12.3. The SMILES string of the molecule is CCN1c2ccc(/C=C3/C(=O)NC(=O)N(c4ccc(C)cc4)C3=O)cc2C(C)CC1(C)C. The number of hydrogen-bond acceptors (Lipinski definition) is 4. The molecule has 1 atom stereocenters. The molecule has 1 N–H and O–H groups in total. The van der Waals surface area contributed by atoms with Gasteiger partial charge in [0.15, 0.2) is 0 Å². The van der Waals surface area contributed by atoms with E-state index in [0.29, 0.717) is 11.6 Å². The first-order chi connectivity index (χ1) is 15.1. The van der Waals surface area contributed by atoms with Gasteiger partial charge in [-0.1, -0.05) is 30.7 Å². The molecular weight excluding hydrogens is 402 g/mol. The van der Waals surface area contributed by atoms with Crippen molar-refractivity contribution in [1.29, 1.82) is 0 Å². The van der Waals surface area contributed by atoms with Crippen LogP contribution >= 0.6 is 0 Å². The summed E-state index contributed by atoms with van der Waals surface area (Å²) in [5, 5.41) is 2.29. The number of aryl methyl sites for hydroxylation is 1. The van der Waals surface area contributed by atoms with Crippen molar-refractivity contribution >= 4 is 35.3 Å². The zero-order valence-corrected chi connectivity index (χ0v) is 19.2. The van der Waals surface area contributed by atoms with Crippen molar-refractivity contribution in [1.82, 2.24) is 5.32 Å². The predicted octanol–water partition coefficient (Wildman–Crippen LogP) is 4.77.